The Bertz CT molecular complexity index is 4.35. The van der Waals surface area contributed by atoms with Crippen LogP contribution in [0.15, 0.2) is 0 Å². The molecule has 7 radical (unpaired) electrons. The summed E-state index contributed by atoms with van der Waals surface area (Å²) in [4.78, 5) is 0. The van der Waals surface area contributed by atoms with Gasteiger partial charge >= 0.3 is 0 Å². The van der Waals surface area contributed by atoms with Crippen LogP contribution in [-0.4, -0.2) is 0 Å². The van der Waals surface area contributed by atoms with Gasteiger partial charge in [-0.05, 0) is 0 Å². The zero-order valence-corrected chi connectivity index (χ0v) is 13.7. The molecule has 0 saturated heterocycles. The number of rotatable bonds is 0. The second-order valence-corrected chi connectivity index (χ2v) is 0. The maximum absolute atomic E-state index is 0. The summed E-state index contributed by atoms with van der Waals surface area (Å²) in [6, 6.07) is 0. The Kier molecular flexibility index (Phi) is 659. The standard InChI is InChI=1S/7Co.Hf. The van der Waals surface area contributed by atoms with Crippen molar-refractivity contribution < 1.29 is 143 Å². The van der Waals surface area contributed by atoms with Crippen LogP contribution in [-0.2, 0) is 143 Å². The van der Waals surface area contributed by atoms with Crippen molar-refractivity contribution in [2.75, 3.05) is 0 Å². The van der Waals surface area contributed by atoms with Crippen molar-refractivity contribution in [3.05, 3.63) is 0 Å². The second kappa shape index (κ2) is 63.5. The predicted octanol–water partition coefficient (Wildman–Crippen LogP) is -0.0200. The van der Waals surface area contributed by atoms with E-state index in [4.69, 9.17) is 0 Å². The van der Waals surface area contributed by atoms with E-state index >= 15 is 0 Å². The van der Waals surface area contributed by atoms with Gasteiger partial charge in [0.25, 0.3) is 0 Å². The van der Waals surface area contributed by atoms with Crippen molar-refractivity contribution in [3.63, 3.8) is 0 Å². The van der Waals surface area contributed by atoms with Gasteiger partial charge in [-0.25, -0.2) is 0 Å². The molecule has 0 aliphatic heterocycles. The normalized spacial score (nSPS) is 0. The maximum Gasteiger partial charge on any atom is 0 e. The van der Waals surface area contributed by atoms with Crippen LogP contribution < -0.4 is 0 Å². The van der Waals surface area contributed by atoms with Gasteiger partial charge in [-0.1, -0.05) is 0 Å². The molecule has 0 fully saturated rings. The van der Waals surface area contributed by atoms with E-state index < -0.39 is 0 Å². The van der Waals surface area contributed by atoms with Gasteiger partial charge in [0.05, 0.1) is 0 Å². The summed E-state index contributed by atoms with van der Waals surface area (Å²) in [6.07, 6.45) is 0. The molecule has 0 aromatic rings. The first-order valence-electron chi connectivity index (χ1n) is 0. The summed E-state index contributed by atoms with van der Waals surface area (Å²) in [7, 11) is 0. The molecule has 0 aliphatic rings. The second-order valence-electron chi connectivity index (χ2n) is 0. The Morgan fingerprint density at radius 2 is 0.250 bits per heavy atom. The van der Waals surface area contributed by atoms with Crippen LogP contribution in [0.1, 0.15) is 0 Å². The monoisotopic (exact) mass is 592 g/mol. The van der Waals surface area contributed by atoms with E-state index in [0.717, 1.165) is 0 Å². The molecule has 0 aromatic carbocycles. The topological polar surface area (TPSA) is 0 Å². The third-order valence-corrected chi connectivity index (χ3v) is 0. The first-order valence-corrected chi connectivity index (χ1v) is 0. The average Bonchev–Trinajstić information content (AvgIpc) is 0. The van der Waals surface area contributed by atoms with E-state index in [1.807, 2.05) is 0 Å². The summed E-state index contributed by atoms with van der Waals surface area (Å²) >= 11 is 0. The van der Waals surface area contributed by atoms with Crippen LogP contribution in [0.5, 0.6) is 0 Å². The molecule has 0 spiro atoms. The third-order valence-electron chi connectivity index (χ3n) is 0. The van der Waals surface area contributed by atoms with Gasteiger partial charge in [-0.15, -0.1) is 0 Å². The molecule has 0 N–H and O–H groups in total. The molecular weight excluding hydrogens is 591 g/mol. The van der Waals surface area contributed by atoms with Gasteiger partial charge in [-0.3, -0.25) is 0 Å². The van der Waals surface area contributed by atoms with E-state index in [9.17, 15) is 0 Å². The molecule has 0 heterocycles. The minimum absolute atomic E-state index is 0. The molecule has 0 bridgehead atoms. The van der Waals surface area contributed by atoms with Gasteiger partial charge in [0.1, 0.15) is 0 Å². The van der Waals surface area contributed by atoms with Crippen LogP contribution in [0.25, 0.3) is 0 Å². The molecule has 0 amide bonds. The van der Waals surface area contributed by atoms with Crippen molar-refractivity contribution >= 4 is 0 Å². The fourth-order valence-electron chi connectivity index (χ4n) is 0. The summed E-state index contributed by atoms with van der Waals surface area (Å²) in [5.41, 5.74) is 0. The van der Waals surface area contributed by atoms with Crippen LogP contribution >= 0.6 is 0 Å². The largest absolute Gasteiger partial charge is 0 e. The summed E-state index contributed by atoms with van der Waals surface area (Å²) in [5, 5.41) is 0. The van der Waals surface area contributed by atoms with Gasteiger partial charge in [0.2, 0.25) is 0 Å². The fraction of sp³-hybridized carbons (Fsp3) is 0. The number of hydrogen-bond donors (Lipinski definition) is 0. The minimum atomic E-state index is 0. The van der Waals surface area contributed by atoms with Gasteiger partial charge in [0, 0.05) is 143 Å². The van der Waals surface area contributed by atoms with Crippen LogP contribution in [0.4, 0.5) is 0 Å². The first kappa shape index (κ1) is 83.0. The first-order chi connectivity index (χ1) is 0. The molecular formula is Co7Hf. The summed E-state index contributed by atoms with van der Waals surface area (Å²) in [5.74, 6) is 0. The minimum Gasteiger partial charge on any atom is 0 e. The van der Waals surface area contributed by atoms with Gasteiger partial charge in [0.15, 0.2) is 0 Å². The van der Waals surface area contributed by atoms with E-state index in [0.29, 0.717) is 0 Å². The maximum atomic E-state index is 0. The zero-order chi connectivity index (χ0) is 0. The van der Waals surface area contributed by atoms with E-state index in [-0.39, 0.29) is 143 Å². The Balaban J connectivity index is 0. The molecule has 67 valence electrons. The van der Waals surface area contributed by atoms with Crippen molar-refractivity contribution in [3.8, 4) is 0 Å². The van der Waals surface area contributed by atoms with Crippen molar-refractivity contribution in [2.24, 2.45) is 0 Å². The van der Waals surface area contributed by atoms with Crippen molar-refractivity contribution in [1.82, 2.24) is 0 Å². The predicted molar refractivity (Wildman–Crippen MR) is 0 cm³/mol. The molecule has 0 unspecified atom stereocenters. The summed E-state index contributed by atoms with van der Waals surface area (Å²) in [6.45, 7) is 0. The quantitative estimate of drug-likeness (QED) is 0.348. The molecule has 0 rings (SSSR count). The Morgan fingerprint density at radius 1 is 0.250 bits per heavy atom. The molecule has 0 saturated carbocycles. The molecule has 0 atom stereocenters. The molecule has 8 heavy (non-hydrogen) atoms. The SMILES string of the molecule is [Co].[Co].[Co].[Co].[Co].[Co].[Co].[Hf]. The Morgan fingerprint density at radius 3 is 0.250 bits per heavy atom. The van der Waals surface area contributed by atoms with Crippen LogP contribution in [0.3, 0.4) is 0 Å². The van der Waals surface area contributed by atoms with E-state index in [2.05, 4.69) is 0 Å². The van der Waals surface area contributed by atoms with E-state index in [1.54, 1.807) is 0 Å². The van der Waals surface area contributed by atoms with Gasteiger partial charge in [-0.2, -0.15) is 0 Å². The number of hydrogen-bond acceptors (Lipinski definition) is 0. The molecule has 0 aliphatic carbocycles. The molecule has 0 aromatic heterocycles. The van der Waals surface area contributed by atoms with Crippen molar-refractivity contribution in [1.29, 1.82) is 0 Å². The average molecular weight is 591 g/mol. The Labute approximate surface area is 141 Å². The van der Waals surface area contributed by atoms with Gasteiger partial charge < -0.3 is 0 Å². The van der Waals surface area contributed by atoms with E-state index in [1.165, 1.54) is 0 Å². The summed E-state index contributed by atoms with van der Waals surface area (Å²) < 4.78 is 0. The fourth-order valence-corrected chi connectivity index (χ4v) is 0. The van der Waals surface area contributed by atoms with Crippen molar-refractivity contribution in [2.45, 2.75) is 0 Å². The smallest absolute Gasteiger partial charge is 0 e. The third kappa shape index (κ3) is 47.4. The Hall–Kier alpha value is 4.42. The van der Waals surface area contributed by atoms with Crippen LogP contribution in [0, 0.1) is 0 Å². The molecule has 8 heteroatoms. The van der Waals surface area contributed by atoms with Crippen LogP contribution in [0.2, 0.25) is 0 Å². The zero-order valence-electron chi connectivity index (χ0n) is 2.83. The molecule has 0 nitrogen and oxygen atoms in total.